The summed E-state index contributed by atoms with van der Waals surface area (Å²) >= 11 is 0. The van der Waals surface area contributed by atoms with E-state index in [4.69, 9.17) is 0 Å². The molecule has 0 amide bonds. The summed E-state index contributed by atoms with van der Waals surface area (Å²) in [6.45, 7) is 5.67. The highest BCUT2D eigenvalue weighted by Gasteiger charge is 2.23. The van der Waals surface area contributed by atoms with Gasteiger partial charge >= 0.3 is 0 Å². The van der Waals surface area contributed by atoms with Gasteiger partial charge in [0.15, 0.2) is 0 Å². The van der Waals surface area contributed by atoms with Crippen molar-refractivity contribution in [2.24, 2.45) is 0 Å². The SMILES string of the molecule is CCCNCc1c(F)cccc1N1CCCC(N(C)C)C1. The van der Waals surface area contributed by atoms with Crippen molar-refractivity contribution in [2.75, 3.05) is 38.6 Å². The topological polar surface area (TPSA) is 18.5 Å². The van der Waals surface area contributed by atoms with E-state index in [9.17, 15) is 4.39 Å². The van der Waals surface area contributed by atoms with Gasteiger partial charge in [-0.2, -0.15) is 0 Å². The van der Waals surface area contributed by atoms with Gasteiger partial charge in [-0.15, -0.1) is 0 Å². The fourth-order valence-corrected chi connectivity index (χ4v) is 3.00. The highest BCUT2D eigenvalue weighted by molar-refractivity contribution is 5.54. The van der Waals surface area contributed by atoms with Gasteiger partial charge in [-0.1, -0.05) is 13.0 Å². The highest BCUT2D eigenvalue weighted by atomic mass is 19.1. The average molecular weight is 293 g/mol. The summed E-state index contributed by atoms with van der Waals surface area (Å²) in [4.78, 5) is 4.63. The summed E-state index contributed by atoms with van der Waals surface area (Å²) in [6, 6.07) is 6.01. The Morgan fingerprint density at radius 1 is 1.38 bits per heavy atom. The second-order valence-electron chi connectivity index (χ2n) is 6.12. The zero-order valence-electron chi connectivity index (χ0n) is 13.5. The summed E-state index contributed by atoms with van der Waals surface area (Å²) in [5, 5.41) is 3.33. The number of benzene rings is 1. The van der Waals surface area contributed by atoms with E-state index in [-0.39, 0.29) is 5.82 Å². The molecule has 0 aliphatic carbocycles. The van der Waals surface area contributed by atoms with E-state index in [2.05, 4.69) is 42.2 Å². The van der Waals surface area contributed by atoms with Crippen LogP contribution in [0.5, 0.6) is 0 Å². The Bertz CT molecular complexity index is 448. The molecule has 1 N–H and O–H groups in total. The molecule has 1 heterocycles. The predicted octanol–water partition coefficient (Wildman–Crippen LogP) is 2.86. The molecule has 1 aliphatic rings. The van der Waals surface area contributed by atoms with Gasteiger partial charge in [0.1, 0.15) is 5.82 Å². The summed E-state index contributed by atoms with van der Waals surface area (Å²) in [5.74, 6) is -0.0944. The minimum absolute atomic E-state index is 0.0944. The van der Waals surface area contributed by atoms with E-state index in [1.807, 2.05) is 6.07 Å². The Labute approximate surface area is 128 Å². The molecule has 1 saturated heterocycles. The van der Waals surface area contributed by atoms with E-state index in [1.165, 1.54) is 12.8 Å². The molecule has 0 saturated carbocycles. The number of piperidine rings is 1. The molecule has 0 aromatic heterocycles. The summed E-state index contributed by atoms with van der Waals surface area (Å²) < 4.78 is 14.2. The largest absolute Gasteiger partial charge is 0.370 e. The van der Waals surface area contributed by atoms with Gasteiger partial charge in [0.25, 0.3) is 0 Å². The molecule has 1 aliphatic heterocycles. The van der Waals surface area contributed by atoms with E-state index in [1.54, 1.807) is 6.07 Å². The van der Waals surface area contributed by atoms with Crippen molar-refractivity contribution in [2.45, 2.75) is 38.8 Å². The van der Waals surface area contributed by atoms with Gasteiger partial charge in [0, 0.05) is 36.9 Å². The lowest BCUT2D eigenvalue weighted by molar-refractivity contribution is 0.258. The molecular weight excluding hydrogens is 265 g/mol. The number of halogens is 1. The van der Waals surface area contributed by atoms with Gasteiger partial charge in [0.05, 0.1) is 0 Å². The first kappa shape index (κ1) is 16.2. The Morgan fingerprint density at radius 2 is 2.19 bits per heavy atom. The molecular formula is C17H28FN3. The van der Waals surface area contributed by atoms with Crippen molar-refractivity contribution < 1.29 is 4.39 Å². The van der Waals surface area contributed by atoms with Gasteiger partial charge in [0.2, 0.25) is 0 Å². The van der Waals surface area contributed by atoms with Crippen LogP contribution in [0.3, 0.4) is 0 Å². The van der Waals surface area contributed by atoms with Crippen LogP contribution in [0.4, 0.5) is 10.1 Å². The maximum atomic E-state index is 14.2. The molecule has 0 radical (unpaired) electrons. The Balaban J connectivity index is 2.16. The van der Waals surface area contributed by atoms with Crippen LogP contribution in [-0.4, -0.2) is 44.7 Å². The summed E-state index contributed by atoms with van der Waals surface area (Å²) in [5.41, 5.74) is 1.87. The third kappa shape index (κ3) is 4.17. The van der Waals surface area contributed by atoms with E-state index in [0.717, 1.165) is 37.3 Å². The number of hydrogen-bond acceptors (Lipinski definition) is 3. The van der Waals surface area contributed by atoms with Crippen LogP contribution in [0.15, 0.2) is 18.2 Å². The molecule has 0 spiro atoms. The maximum Gasteiger partial charge on any atom is 0.129 e. The molecule has 0 bridgehead atoms. The van der Waals surface area contributed by atoms with Crippen molar-refractivity contribution in [3.63, 3.8) is 0 Å². The molecule has 1 unspecified atom stereocenters. The minimum Gasteiger partial charge on any atom is -0.370 e. The van der Waals surface area contributed by atoms with E-state index >= 15 is 0 Å². The predicted molar refractivity (Wildman–Crippen MR) is 87.3 cm³/mol. The molecule has 118 valence electrons. The van der Waals surface area contributed by atoms with Crippen molar-refractivity contribution in [3.8, 4) is 0 Å². The van der Waals surface area contributed by atoms with Crippen LogP contribution in [0.1, 0.15) is 31.7 Å². The smallest absolute Gasteiger partial charge is 0.129 e. The van der Waals surface area contributed by atoms with Crippen LogP contribution in [0.2, 0.25) is 0 Å². The number of nitrogens with zero attached hydrogens (tertiary/aromatic N) is 2. The fourth-order valence-electron chi connectivity index (χ4n) is 3.00. The van der Waals surface area contributed by atoms with Crippen molar-refractivity contribution in [3.05, 3.63) is 29.6 Å². The van der Waals surface area contributed by atoms with Crippen LogP contribution >= 0.6 is 0 Å². The first-order chi connectivity index (χ1) is 10.1. The van der Waals surface area contributed by atoms with Gasteiger partial charge in [-0.05, 0) is 52.0 Å². The van der Waals surface area contributed by atoms with Crippen molar-refractivity contribution >= 4 is 5.69 Å². The lowest BCUT2D eigenvalue weighted by Crippen LogP contribution is -2.45. The molecule has 2 rings (SSSR count). The zero-order valence-corrected chi connectivity index (χ0v) is 13.5. The zero-order chi connectivity index (χ0) is 15.2. The standard InChI is InChI=1S/C17H28FN3/c1-4-10-19-12-15-16(18)8-5-9-17(15)21-11-6-7-14(13-21)20(2)3/h5,8-9,14,19H,4,6-7,10-13H2,1-3H3. The molecule has 1 aromatic carbocycles. The molecule has 21 heavy (non-hydrogen) atoms. The average Bonchev–Trinajstić information content (AvgIpc) is 2.49. The fraction of sp³-hybridized carbons (Fsp3) is 0.647. The summed E-state index contributed by atoms with van der Waals surface area (Å²) in [7, 11) is 4.26. The maximum absolute atomic E-state index is 14.2. The van der Waals surface area contributed by atoms with Crippen LogP contribution < -0.4 is 10.2 Å². The Kier molecular flexibility index (Phi) is 6.00. The summed E-state index contributed by atoms with van der Waals surface area (Å²) in [6.07, 6.45) is 3.46. The molecule has 4 heteroatoms. The lowest BCUT2D eigenvalue weighted by Gasteiger charge is -2.38. The van der Waals surface area contributed by atoms with Crippen molar-refractivity contribution in [1.29, 1.82) is 0 Å². The number of likely N-dealkylation sites (N-methyl/N-ethyl adjacent to an activating group) is 1. The monoisotopic (exact) mass is 293 g/mol. The molecule has 1 aromatic rings. The minimum atomic E-state index is -0.0944. The quantitative estimate of drug-likeness (QED) is 0.814. The third-order valence-corrected chi connectivity index (χ3v) is 4.29. The first-order valence-electron chi connectivity index (χ1n) is 8.03. The Morgan fingerprint density at radius 3 is 2.90 bits per heavy atom. The van der Waals surface area contributed by atoms with Crippen LogP contribution in [-0.2, 0) is 6.54 Å². The van der Waals surface area contributed by atoms with E-state index < -0.39 is 0 Å². The highest BCUT2D eigenvalue weighted by Crippen LogP contribution is 2.27. The van der Waals surface area contributed by atoms with E-state index in [0.29, 0.717) is 12.6 Å². The number of nitrogens with one attached hydrogen (secondary N) is 1. The normalized spacial score (nSPS) is 19.3. The first-order valence-corrected chi connectivity index (χ1v) is 8.03. The van der Waals surface area contributed by atoms with Gasteiger partial charge < -0.3 is 15.1 Å². The Hall–Kier alpha value is -1.13. The number of anilines is 1. The second kappa shape index (κ2) is 7.76. The molecule has 3 nitrogen and oxygen atoms in total. The lowest BCUT2D eigenvalue weighted by atomic mass is 10.0. The number of hydrogen-bond donors (Lipinski definition) is 1. The third-order valence-electron chi connectivity index (χ3n) is 4.29. The number of rotatable bonds is 6. The second-order valence-corrected chi connectivity index (χ2v) is 6.12. The van der Waals surface area contributed by atoms with Crippen LogP contribution in [0, 0.1) is 5.82 Å². The van der Waals surface area contributed by atoms with Crippen LogP contribution in [0.25, 0.3) is 0 Å². The van der Waals surface area contributed by atoms with Gasteiger partial charge in [-0.25, -0.2) is 4.39 Å². The molecule has 1 fully saturated rings. The van der Waals surface area contributed by atoms with Gasteiger partial charge in [-0.3, -0.25) is 0 Å². The molecule has 1 atom stereocenters. The van der Waals surface area contributed by atoms with Crippen molar-refractivity contribution in [1.82, 2.24) is 10.2 Å².